The highest BCUT2D eigenvalue weighted by Gasteiger charge is 2.23. The normalized spacial score (nSPS) is 12.4. The van der Waals surface area contributed by atoms with E-state index in [-0.39, 0.29) is 0 Å². The van der Waals surface area contributed by atoms with Crippen LogP contribution in [0.4, 0.5) is 0 Å². The smallest absolute Gasteiger partial charge is 0.137 e. The van der Waals surface area contributed by atoms with E-state index in [2.05, 4.69) is 207 Å². The second-order valence-corrected chi connectivity index (χ2v) is 15.2. The van der Waals surface area contributed by atoms with E-state index in [1.807, 2.05) is 6.07 Å². The Labute approximate surface area is 332 Å². The summed E-state index contributed by atoms with van der Waals surface area (Å²) in [4.78, 5) is 0. The summed E-state index contributed by atoms with van der Waals surface area (Å²) in [5, 5.41) is 8.28. The standard InChI is InChI=1S/C54H31N3O/c1-2-13-34(14-3-1)35-25-28-43-53(31-35)58-52-24-12-23-50(54(43)52)57-48-22-11-6-17-40(48)42-29-26-37(33-51(42)57)56-47-21-10-7-18-41(47)44-32-36(27-30-49(44)56)55-45-19-8-4-15-38(45)39-16-5-9-20-46(39)55/h1-5,7-10,12-33H. The number of hydrogen-bond acceptors (Lipinski definition) is 1. The van der Waals surface area contributed by atoms with Crippen molar-refractivity contribution in [3.63, 3.8) is 0 Å². The number of nitrogens with zero attached hydrogens (tertiary/aromatic N) is 3. The van der Waals surface area contributed by atoms with Crippen molar-refractivity contribution in [3.8, 4) is 28.2 Å². The molecule has 13 rings (SSSR count). The van der Waals surface area contributed by atoms with Gasteiger partial charge in [-0.2, -0.15) is 0 Å². The monoisotopic (exact) mass is 737 g/mol. The third-order valence-corrected chi connectivity index (χ3v) is 12.1. The second kappa shape index (κ2) is 11.8. The highest BCUT2D eigenvalue weighted by atomic mass is 16.3. The topological polar surface area (TPSA) is 27.9 Å². The van der Waals surface area contributed by atoms with Gasteiger partial charge < -0.3 is 18.1 Å². The summed E-state index contributed by atoms with van der Waals surface area (Å²) >= 11 is 0. The molecule has 58 heavy (non-hydrogen) atoms. The molecule has 1 aliphatic carbocycles. The van der Waals surface area contributed by atoms with Crippen molar-refractivity contribution in [1.82, 2.24) is 13.7 Å². The van der Waals surface area contributed by atoms with Crippen LogP contribution in [0.5, 0.6) is 0 Å². The molecule has 0 radical (unpaired) electrons. The molecule has 0 fully saturated rings. The maximum atomic E-state index is 6.61. The number of para-hydroxylation sites is 3. The van der Waals surface area contributed by atoms with Crippen molar-refractivity contribution >= 4 is 88.6 Å². The summed E-state index contributed by atoms with van der Waals surface area (Å²) in [5.41, 5.74) is 21.9. The van der Waals surface area contributed by atoms with Gasteiger partial charge in [-0.05, 0) is 90.0 Å². The zero-order valence-corrected chi connectivity index (χ0v) is 31.1. The lowest BCUT2D eigenvalue weighted by atomic mass is 10.0. The van der Waals surface area contributed by atoms with E-state index < -0.39 is 0 Å². The Hall–Kier alpha value is -8.00. The number of furan rings is 1. The molecule has 8 aromatic carbocycles. The molecule has 0 aliphatic heterocycles. The van der Waals surface area contributed by atoms with Gasteiger partial charge in [0.15, 0.2) is 0 Å². The van der Waals surface area contributed by atoms with E-state index in [1.54, 1.807) is 0 Å². The van der Waals surface area contributed by atoms with E-state index in [0.717, 1.165) is 77.8 Å². The highest BCUT2D eigenvalue weighted by molar-refractivity contribution is 6.14. The molecule has 0 saturated heterocycles. The second-order valence-electron chi connectivity index (χ2n) is 15.2. The van der Waals surface area contributed by atoms with Crippen LogP contribution in [0, 0.1) is 0 Å². The number of rotatable bonds is 4. The van der Waals surface area contributed by atoms with Crippen molar-refractivity contribution in [2.45, 2.75) is 0 Å². The molecule has 4 aromatic heterocycles. The van der Waals surface area contributed by atoms with Gasteiger partial charge in [0.1, 0.15) is 11.2 Å². The number of benzene rings is 8. The lowest BCUT2D eigenvalue weighted by Gasteiger charge is -2.13. The fourth-order valence-electron chi connectivity index (χ4n) is 9.62. The summed E-state index contributed by atoms with van der Waals surface area (Å²) in [6.45, 7) is 0. The summed E-state index contributed by atoms with van der Waals surface area (Å²) < 4.78 is 13.8. The van der Waals surface area contributed by atoms with E-state index in [1.165, 1.54) is 38.1 Å². The van der Waals surface area contributed by atoms with Crippen molar-refractivity contribution in [2.75, 3.05) is 0 Å². The first-order valence-corrected chi connectivity index (χ1v) is 19.7. The van der Waals surface area contributed by atoms with Gasteiger partial charge in [-0.1, -0.05) is 115 Å². The fourth-order valence-corrected chi connectivity index (χ4v) is 9.62. The lowest BCUT2D eigenvalue weighted by Crippen LogP contribution is -1.99. The predicted octanol–water partition coefficient (Wildman–Crippen LogP) is 14.2. The Morgan fingerprint density at radius 1 is 0.362 bits per heavy atom. The van der Waals surface area contributed by atoms with Crippen LogP contribution in [0.15, 0.2) is 192 Å². The molecule has 0 amide bonds. The molecule has 0 bridgehead atoms. The van der Waals surface area contributed by atoms with Gasteiger partial charge in [0.05, 0.1) is 44.4 Å². The maximum Gasteiger partial charge on any atom is 0.137 e. The van der Waals surface area contributed by atoms with Crippen molar-refractivity contribution in [1.29, 1.82) is 0 Å². The lowest BCUT2D eigenvalue weighted by molar-refractivity contribution is 0.669. The summed E-state index contributed by atoms with van der Waals surface area (Å²) in [6.07, 6.45) is 4.12. The summed E-state index contributed by atoms with van der Waals surface area (Å²) in [7, 11) is 0. The first-order chi connectivity index (χ1) is 28.8. The minimum absolute atomic E-state index is 0.858. The first-order valence-electron chi connectivity index (χ1n) is 19.7. The van der Waals surface area contributed by atoms with Crippen molar-refractivity contribution in [2.24, 2.45) is 0 Å². The minimum Gasteiger partial charge on any atom is -0.456 e. The molecular weight excluding hydrogens is 707 g/mol. The first kappa shape index (κ1) is 31.2. The van der Waals surface area contributed by atoms with Crippen LogP contribution in [0.3, 0.4) is 0 Å². The Bertz CT molecular complexity index is 3760. The van der Waals surface area contributed by atoms with E-state index in [4.69, 9.17) is 4.42 Å². The van der Waals surface area contributed by atoms with Crippen LogP contribution in [-0.2, 0) is 0 Å². The molecule has 0 spiro atoms. The summed E-state index contributed by atoms with van der Waals surface area (Å²) in [5.74, 6) is 0. The molecule has 4 heteroatoms. The quantitative estimate of drug-likeness (QED) is 0.165. The largest absolute Gasteiger partial charge is 0.456 e. The number of aromatic nitrogens is 3. The number of fused-ring (bicyclic) bond motifs is 12. The molecule has 0 unspecified atom stereocenters. The zero-order valence-electron chi connectivity index (χ0n) is 31.1. The van der Waals surface area contributed by atoms with E-state index in [0.29, 0.717) is 0 Å². The Morgan fingerprint density at radius 2 is 0.983 bits per heavy atom. The molecule has 4 heterocycles. The zero-order chi connectivity index (χ0) is 37.9. The molecule has 0 saturated carbocycles. The van der Waals surface area contributed by atoms with E-state index >= 15 is 0 Å². The third kappa shape index (κ3) is 4.30. The van der Waals surface area contributed by atoms with E-state index in [9.17, 15) is 0 Å². The molecule has 4 nitrogen and oxygen atoms in total. The molecular formula is C54H31N3O. The Morgan fingerprint density at radius 3 is 1.74 bits per heavy atom. The van der Waals surface area contributed by atoms with Gasteiger partial charge in [-0.3, -0.25) is 0 Å². The van der Waals surface area contributed by atoms with Gasteiger partial charge in [0, 0.05) is 55.3 Å². The maximum absolute atomic E-state index is 6.61. The van der Waals surface area contributed by atoms with Crippen LogP contribution in [0.25, 0.3) is 117 Å². The molecule has 12 aromatic rings. The van der Waals surface area contributed by atoms with Crippen molar-refractivity contribution in [3.05, 3.63) is 199 Å². The van der Waals surface area contributed by atoms with Crippen LogP contribution in [-0.4, -0.2) is 13.7 Å². The van der Waals surface area contributed by atoms with Crippen molar-refractivity contribution < 1.29 is 4.42 Å². The van der Waals surface area contributed by atoms with Gasteiger partial charge in [0.2, 0.25) is 0 Å². The molecule has 0 atom stereocenters. The van der Waals surface area contributed by atoms with Gasteiger partial charge in [-0.25, -0.2) is 0 Å². The van der Waals surface area contributed by atoms with Gasteiger partial charge in [0.25, 0.3) is 0 Å². The average Bonchev–Trinajstić information content (AvgIpc) is 4.02. The van der Waals surface area contributed by atoms with Crippen LogP contribution < -0.4 is 0 Å². The summed E-state index contributed by atoms with van der Waals surface area (Å²) in [6, 6.07) is 63.4. The molecule has 268 valence electrons. The highest BCUT2D eigenvalue weighted by Crippen LogP contribution is 2.42. The van der Waals surface area contributed by atoms with Gasteiger partial charge in [-0.15, -0.1) is 0 Å². The Kier molecular flexibility index (Phi) is 6.33. The average molecular weight is 738 g/mol. The Balaban J connectivity index is 1.04. The minimum atomic E-state index is 0.858. The molecule has 1 aliphatic rings. The van der Waals surface area contributed by atoms with Crippen LogP contribution in [0.1, 0.15) is 11.3 Å². The number of hydrogen-bond donors (Lipinski definition) is 0. The fraction of sp³-hybridized carbons (Fsp3) is 0. The third-order valence-electron chi connectivity index (χ3n) is 12.1. The van der Waals surface area contributed by atoms with Crippen LogP contribution >= 0.6 is 0 Å². The van der Waals surface area contributed by atoms with Gasteiger partial charge >= 0.3 is 0 Å². The van der Waals surface area contributed by atoms with Crippen LogP contribution in [0.2, 0.25) is 0 Å². The SMILES string of the molecule is C1=C=Cc2c(c3ccc(-n4c5ccccc5c5cc(-n6c7ccccc7c7ccccc76)ccc54)cc3n2-c2cccc3oc4cc(-c5ccccc5)ccc4c23)C=1. The molecule has 0 N–H and O–H groups in total. The predicted molar refractivity (Wildman–Crippen MR) is 241 cm³/mol.